The maximum atomic E-state index is 11.9. The van der Waals surface area contributed by atoms with Crippen molar-refractivity contribution < 1.29 is 9.53 Å². The number of fused-ring (bicyclic) bond motifs is 1. The van der Waals surface area contributed by atoms with E-state index in [4.69, 9.17) is 4.74 Å². The zero-order valence-corrected chi connectivity index (χ0v) is 13.3. The summed E-state index contributed by atoms with van der Waals surface area (Å²) in [7, 11) is 0. The van der Waals surface area contributed by atoms with Gasteiger partial charge in [-0.15, -0.1) is 0 Å². The third kappa shape index (κ3) is 4.25. The Labute approximate surface area is 136 Å². The fraction of sp³-hybridized carbons (Fsp3) is 0.316. The minimum Gasteiger partial charge on any atom is -0.484 e. The summed E-state index contributed by atoms with van der Waals surface area (Å²) in [5.41, 5.74) is 6.77. The summed E-state index contributed by atoms with van der Waals surface area (Å²) in [4.78, 5) is 11.9. The molecule has 1 unspecified atom stereocenters. The lowest BCUT2D eigenvalue weighted by Gasteiger charge is -2.19. The van der Waals surface area contributed by atoms with Crippen molar-refractivity contribution in [3.63, 3.8) is 0 Å². The van der Waals surface area contributed by atoms with Crippen LogP contribution in [0.15, 0.2) is 54.2 Å². The average Bonchev–Trinajstić information content (AvgIpc) is 2.59. The van der Waals surface area contributed by atoms with Gasteiger partial charge in [0.15, 0.2) is 6.61 Å². The van der Waals surface area contributed by atoms with Crippen LogP contribution >= 0.6 is 0 Å². The van der Waals surface area contributed by atoms with Gasteiger partial charge in [0.25, 0.3) is 5.91 Å². The molecular formula is C19H22N2O2. The molecule has 0 aliphatic heterocycles. The molecule has 0 bridgehead atoms. The van der Waals surface area contributed by atoms with Crippen LogP contribution in [0.5, 0.6) is 5.75 Å². The van der Waals surface area contributed by atoms with Crippen molar-refractivity contribution >= 4 is 16.7 Å². The van der Waals surface area contributed by atoms with Crippen LogP contribution in [-0.4, -0.2) is 12.5 Å². The molecular weight excluding hydrogens is 288 g/mol. The van der Waals surface area contributed by atoms with Gasteiger partial charge in [0.05, 0.1) is 0 Å². The topological polar surface area (TPSA) is 50.4 Å². The van der Waals surface area contributed by atoms with Crippen LogP contribution in [0, 0.1) is 5.92 Å². The summed E-state index contributed by atoms with van der Waals surface area (Å²) in [6.07, 6.45) is 5.35. The lowest BCUT2D eigenvalue weighted by atomic mass is 9.95. The van der Waals surface area contributed by atoms with E-state index in [0.29, 0.717) is 5.75 Å². The van der Waals surface area contributed by atoms with Crippen LogP contribution in [0.4, 0.5) is 0 Å². The van der Waals surface area contributed by atoms with Gasteiger partial charge in [0.2, 0.25) is 0 Å². The van der Waals surface area contributed by atoms with E-state index < -0.39 is 0 Å². The minimum atomic E-state index is -0.183. The number of amides is 1. The van der Waals surface area contributed by atoms with Crippen LogP contribution in [0.2, 0.25) is 0 Å². The number of ether oxygens (including phenoxy) is 1. The van der Waals surface area contributed by atoms with E-state index in [0.717, 1.165) is 41.6 Å². The molecule has 3 rings (SSSR count). The maximum Gasteiger partial charge on any atom is 0.276 e. The first-order valence-electron chi connectivity index (χ1n) is 8.06. The molecule has 1 aliphatic rings. The maximum absolute atomic E-state index is 11.9. The Kier molecular flexibility index (Phi) is 4.81. The first-order valence-corrected chi connectivity index (χ1v) is 8.06. The molecule has 2 N–H and O–H groups in total. The van der Waals surface area contributed by atoms with Crippen LogP contribution in [0.25, 0.3) is 10.8 Å². The Morgan fingerprint density at radius 2 is 2.04 bits per heavy atom. The summed E-state index contributed by atoms with van der Waals surface area (Å²) < 4.78 is 5.56. The fourth-order valence-corrected chi connectivity index (χ4v) is 2.67. The molecule has 0 saturated carbocycles. The van der Waals surface area contributed by atoms with Crippen LogP contribution < -0.4 is 15.6 Å². The Hall–Kier alpha value is -2.49. The number of hydrazine groups is 1. The number of nitrogens with one attached hydrogen (secondary N) is 2. The van der Waals surface area contributed by atoms with Crippen molar-refractivity contribution in [2.24, 2.45) is 5.92 Å². The van der Waals surface area contributed by atoms with E-state index in [-0.39, 0.29) is 12.5 Å². The number of allylic oxidation sites excluding steroid dienone is 2. The van der Waals surface area contributed by atoms with Gasteiger partial charge in [-0.2, -0.15) is 0 Å². The molecule has 4 nitrogen and oxygen atoms in total. The van der Waals surface area contributed by atoms with Crippen molar-refractivity contribution in [3.8, 4) is 5.75 Å². The zero-order valence-electron chi connectivity index (χ0n) is 13.3. The normalized spacial score (nSPS) is 17.4. The number of carbonyl (C=O) groups is 1. The van der Waals surface area contributed by atoms with Gasteiger partial charge in [0.1, 0.15) is 5.75 Å². The van der Waals surface area contributed by atoms with Gasteiger partial charge in [-0.3, -0.25) is 10.2 Å². The van der Waals surface area contributed by atoms with Gasteiger partial charge in [-0.25, -0.2) is 0 Å². The molecule has 2 aromatic carbocycles. The molecule has 0 spiro atoms. The van der Waals surface area contributed by atoms with Gasteiger partial charge < -0.3 is 10.2 Å². The molecule has 2 aromatic rings. The molecule has 0 radical (unpaired) electrons. The number of benzene rings is 2. The summed E-state index contributed by atoms with van der Waals surface area (Å²) in [5.74, 6) is 1.25. The Bertz CT molecular complexity index is 724. The van der Waals surface area contributed by atoms with Gasteiger partial charge in [-0.1, -0.05) is 43.3 Å². The highest BCUT2D eigenvalue weighted by Crippen LogP contribution is 2.21. The standard InChI is InChI=1S/C19H22N2O2/c1-14-6-9-17(10-7-14)20-21-19(22)13-23-18-11-8-15-4-2-3-5-16(15)12-18/h2-5,8-9,11-12,14,20H,6-7,10,13H2,1H3,(H,21,22). The third-order valence-corrected chi connectivity index (χ3v) is 4.13. The Morgan fingerprint density at radius 1 is 1.22 bits per heavy atom. The summed E-state index contributed by atoms with van der Waals surface area (Å²) in [5, 5.41) is 2.26. The van der Waals surface area contributed by atoms with Crippen molar-refractivity contribution in [2.75, 3.05) is 6.61 Å². The molecule has 0 saturated heterocycles. The molecule has 1 amide bonds. The smallest absolute Gasteiger partial charge is 0.276 e. The number of hydrogen-bond acceptors (Lipinski definition) is 3. The number of rotatable bonds is 5. The van der Waals surface area contributed by atoms with Gasteiger partial charge in [0, 0.05) is 5.70 Å². The second kappa shape index (κ2) is 7.18. The lowest BCUT2D eigenvalue weighted by molar-refractivity contribution is -0.123. The second-order valence-electron chi connectivity index (χ2n) is 6.08. The van der Waals surface area contributed by atoms with Crippen molar-refractivity contribution in [1.29, 1.82) is 0 Å². The van der Waals surface area contributed by atoms with E-state index in [1.165, 1.54) is 0 Å². The number of carbonyl (C=O) groups excluding carboxylic acids is 1. The molecule has 4 heteroatoms. The van der Waals surface area contributed by atoms with Crippen molar-refractivity contribution in [1.82, 2.24) is 10.9 Å². The summed E-state index contributed by atoms with van der Waals surface area (Å²) in [6, 6.07) is 13.9. The first-order chi connectivity index (χ1) is 11.2. The molecule has 120 valence electrons. The monoisotopic (exact) mass is 310 g/mol. The van der Waals surface area contributed by atoms with Gasteiger partial charge >= 0.3 is 0 Å². The Morgan fingerprint density at radius 3 is 2.83 bits per heavy atom. The average molecular weight is 310 g/mol. The largest absolute Gasteiger partial charge is 0.484 e. The van der Waals surface area contributed by atoms with Crippen LogP contribution in [-0.2, 0) is 4.79 Å². The quantitative estimate of drug-likeness (QED) is 0.831. The highest BCUT2D eigenvalue weighted by atomic mass is 16.5. The highest BCUT2D eigenvalue weighted by Gasteiger charge is 2.10. The minimum absolute atomic E-state index is 0.00494. The summed E-state index contributed by atoms with van der Waals surface area (Å²) in [6.45, 7) is 2.23. The zero-order chi connectivity index (χ0) is 16.1. The molecule has 0 aromatic heterocycles. The predicted octanol–water partition coefficient (Wildman–Crippen LogP) is 3.54. The van der Waals surface area contributed by atoms with Gasteiger partial charge in [-0.05, 0) is 48.1 Å². The highest BCUT2D eigenvalue weighted by molar-refractivity contribution is 5.84. The van der Waals surface area contributed by atoms with E-state index in [1.54, 1.807) is 0 Å². The van der Waals surface area contributed by atoms with E-state index >= 15 is 0 Å². The van der Waals surface area contributed by atoms with E-state index in [1.807, 2.05) is 36.4 Å². The summed E-state index contributed by atoms with van der Waals surface area (Å²) >= 11 is 0. The first kappa shape index (κ1) is 15.4. The fourth-order valence-electron chi connectivity index (χ4n) is 2.67. The van der Waals surface area contributed by atoms with Crippen LogP contribution in [0.1, 0.15) is 26.2 Å². The molecule has 23 heavy (non-hydrogen) atoms. The van der Waals surface area contributed by atoms with Crippen molar-refractivity contribution in [3.05, 3.63) is 54.2 Å². The molecule has 1 aliphatic carbocycles. The van der Waals surface area contributed by atoms with E-state index in [2.05, 4.69) is 29.9 Å². The molecule has 1 atom stereocenters. The number of hydrogen-bond donors (Lipinski definition) is 2. The van der Waals surface area contributed by atoms with Crippen LogP contribution in [0.3, 0.4) is 0 Å². The molecule has 0 heterocycles. The molecule has 0 fully saturated rings. The van der Waals surface area contributed by atoms with Crippen molar-refractivity contribution in [2.45, 2.75) is 26.2 Å². The third-order valence-electron chi connectivity index (χ3n) is 4.13. The lowest BCUT2D eigenvalue weighted by Crippen LogP contribution is -2.40. The predicted molar refractivity (Wildman–Crippen MR) is 91.8 cm³/mol. The SMILES string of the molecule is CC1CC=C(NNC(=O)COc2ccc3ccccc3c2)CC1. The van der Waals surface area contributed by atoms with E-state index in [9.17, 15) is 4.79 Å². The second-order valence-corrected chi connectivity index (χ2v) is 6.08. The Balaban J connectivity index is 1.48.